The van der Waals surface area contributed by atoms with Crippen molar-refractivity contribution in [2.24, 2.45) is 0 Å². The van der Waals surface area contributed by atoms with Gasteiger partial charge in [0.2, 0.25) is 5.91 Å². The van der Waals surface area contributed by atoms with Crippen LogP contribution in [0.25, 0.3) is 0 Å². The molecule has 2 aromatic rings. The Morgan fingerprint density at radius 2 is 2.12 bits per heavy atom. The molecule has 0 saturated carbocycles. The Kier molecular flexibility index (Phi) is 5.76. The Morgan fingerprint density at radius 1 is 1.32 bits per heavy atom. The lowest BCUT2D eigenvalue weighted by atomic mass is 10.2. The van der Waals surface area contributed by atoms with Gasteiger partial charge >= 0.3 is 0 Å². The molecule has 6 heteroatoms. The van der Waals surface area contributed by atoms with Gasteiger partial charge in [-0.05, 0) is 50.1 Å². The lowest BCUT2D eigenvalue weighted by Crippen LogP contribution is -2.39. The zero-order valence-corrected chi connectivity index (χ0v) is 15.0. The lowest BCUT2D eigenvalue weighted by molar-refractivity contribution is -0.130. The molecular formula is C19H22ClN3O2. The third kappa shape index (κ3) is 4.63. The molecule has 1 aromatic carbocycles. The van der Waals surface area contributed by atoms with Crippen molar-refractivity contribution in [1.29, 1.82) is 0 Å². The first kappa shape index (κ1) is 17.5. The number of amides is 1. The van der Waals surface area contributed by atoms with Crippen molar-refractivity contribution in [2.45, 2.75) is 32.4 Å². The second-order valence-corrected chi connectivity index (χ2v) is 6.56. The summed E-state index contributed by atoms with van der Waals surface area (Å²) in [6, 6.07) is 10.8. The molecule has 5 nitrogen and oxygen atoms in total. The molecule has 2 heterocycles. The molecule has 0 spiro atoms. The molecule has 1 saturated heterocycles. The Morgan fingerprint density at radius 3 is 2.80 bits per heavy atom. The van der Waals surface area contributed by atoms with E-state index in [-0.39, 0.29) is 11.9 Å². The summed E-state index contributed by atoms with van der Waals surface area (Å²) < 4.78 is 5.71. The van der Waals surface area contributed by atoms with Crippen molar-refractivity contribution in [2.75, 3.05) is 18.4 Å². The Bertz CT molecular complexity index is 718. The fourth-order valence-electron chi connectivity index (χ4n) is 2.87. The van der Waals surface area contributed by atoms with E-state index in [9.17, 15) is 4.79 Å². The van der Waals surface area contributed by atoms with E-state index in [2.05, 4.69) is 10.3 Å². The van der Waals surface area contributed by atoms with Crippen LogP contribution in [0.4, 0.5) is 5.69 Å². The smallest absolute Gasteiger partial charge is 0.244 e. The van der Waals surface area contributed by atoms with Crippen molar-refractivity contribution >= 4 is 23.2 Å². The highest BCUT2D eigenvalue weighted by Crippen LogP contribution is 2.28. The molecule has 1 aliphatic heterocycles. The highest BCUT2D eigenvalue weighted by atomic mass is 35.5. The van der Waals surface area contributed by atoms with Gasteiger partial charge in [0.05, 0.1) is 10.7 Å². The van der Waals surface area contributed by atoms with Crippen LogP contribution < -0.4 is 10.1 Å². The van der Waals surface area contributed by atoms with Gasteiger partial charge in [-0.3, -0.25) is 9.78 Å². The Balaban J connectivity index is 1.58. The number of hydrogen-bond donors (Lipinski definition) is 1. The van der Waals surface area contributed by atoms with Crippen LogP contribution in [-0.2, 0) is 11.4 Å². The number of aromatic nitrogens is 1. The van der Waals surface area contributed by atoms with Gasteiger partial charge in [-0.1, -0.05) is 17.7 Å². The number of hydrogen-bond acceptors (Lipinski definition) is 4. The largest absolute Gasteiger partial charge is 0.486 e. The predicted molar refractivity (Wildman–Crippen MR) is 98.9 cm³/mol. The maximum absolute atomic E-state index is 12.4. The highest BCUT2D eigenvalue weighted by molar-refractivity contribution is 6.32. The predicted octanol–water partition coefficient (Wildman–Crippen LogP) is 3.74. The first-order valence-corrected chi connectivity index (χ1v) is 8.89. The van der Waals surface area contributed by atoms with E-state index in [4.69, 9.17) is 16.3 Å². The van der Waals surface area contributed by atoms with Gasteiger partial charge in [-0.25, -0.2) is 0 Å². The fraction of sp³-hybridized carbons (Fsp3) is 0.368. The van der Waals surface area contributed by atoms with Crippen molar-refractivity contribution in [1.82, 2.24) is 9.88 Å². The van der Waals surface area contributed by atoms with Gasteiger partial charge in [0, 0.05) is 25.0 Å². The number of nitrogens with one attached hydrogen (secondary N) is 1. The number of carbonyl (C=O) groups is 1. The van der Waals surface area contributed by atoms with Crippen LogP contribution in [0.2, 0.25) is 5.02 Å². The molecule has 1 fully saturated rings. The third-order valence-electron chi connectivity index (χ3n) is 4.20. The molecular weight excluding hydrogens is 338 g/mol. The van der Waals surface area contributed by atoms with E-state index in [0.717, 1.165) is 37.3 Å². The maximum atomic E-state index is 12.4. The number of likely N-dealkylation sites (tertiary alicyclic amines) is 1. The highest BCUT2D eigenvalue weighted by Gasteiger charge is 2.23. The number of benzene rings is 1. The van der Waals surface area contributed by atoms with Crippen LogP contribution in [0.3, 0.4) is 0 Å². The molecule has 132 valence electrons. The van der Waals surface area contributed by atoms with E-state index < -0.39 is 0 Å². The fourth-order valence-corrected chi connectivity index (χ4v) is 3.10. The first-order chi connectivity index (χ1) is 12.1. The number of halogens is 1. The molecule has 0 radical (unpaired) electrons. The van der Waals surface area contributed by atoms with Crippen LogP contribution in [0.1, 0.15) is 25.5 Å². The lowest BCUT2D eigenvalue weighted by Gasteiger charge is -2.22. The monoisotopic (exact) mass is 359 g/mol. The number of ether oxygens (including phenoxy) is 1. The third-order valence-corrected chi connectivity index (χ3v) is 4.50. The minimum atomic E-state index is -0.283. The standard InChI is InChI=1S/C19H22ClN3O2/c1-14(19(24)23-10-4-5-11-23)22-15-7-8-18(17(20)12-15)25-13-16-6-2-3-9-21-16/h2-3,6-9,12,14,22H,4-5,10-11,13H2,1H3/t14-/m0/s1. The molecule has 1 aromatic heterocycles. The second-order valence-electron chi connectivity index (χ2n) is 6.15. The van der Waals surface area contributed by atoms with Crippen LogP contribution >= 0.6 is 11.6 Å². The minimum Gasteiger partial charge on any atom is -0.486 e. The van der Waals surface area contributed by atoms with Gasteiger partial charge in [0.25, 0.3) is 0 Å². The summed E-state index contributed by atoms with van der Waals surface area (Å²) in [7, 11) is 0. The molecule has 1 amide bonds. The zero-order chi connectivity index (χ0) is 17.6. The number of carbonyl (C=O) groups excluding carboxylic acids is 1. The number of rotatable bonds is 6. The SMILES string of the molecule is C[C@H](Nc1ccc(OCc2ccccn2)c(Cl)c1)C(=O)N1CCCC1. The molecule has 0 unspecified atom stereocenters. The van der Waals surface area contributed by atoms with Gasteiger partial charge < -0.3 is 15.0 Å². The minimum absolute atomic E-state index is 0.129. The number of pyridine rings is 1. The summed E-state index contributed by atoms with van der Waals surface area (Å²) in [6.07, 6.45) is 3.91. The second kappa shape index (κ2) is 8.21. The number of anilines is 1. The van der Waals surface area contributed by atoms with Crippen LogP contribution in [0.5, 0.6) is 5.75 Å². The van der Waals surface area contributed by atoms with Gasteiger partial charge in [0.1, 0.15) is 18.4 Å². The first-order valence-electron chi connectivity index (χ1n) is 8.51. The van der Waals surface area contributed by atoms with Gasteiger partial charge in [-0.2, -0.15) is 0 Å². The maximum Gasteiger partial charge on any atom is 0.244 e. The van der Waals surface area contributed by atoms with Crippen LogP contribution in [0.15, 0.2) is 42.6 Å². The summed E-state index contributed by atoms with van der Waals surface area (Å²) in [5.41, 5.74) is 1.64. The molecule has 1 N–H and O–H groups in total. The molecule has 0 bridgehead atoms. The van der Waals surface area contributed by atoms with E-state index in [1.54, 1.807) is 18.3 Å². The quantitative estimate of drug-likeness (QED) is 0.853. The Hall–Kier alpha value is -2.27. The summed E-state index contributed by atoms with van der Waals surface area (Å²) in [4.78, 5) is 18.5. The average molecular weight is 360 g/mol. The topological polar surface area (TPSA) is 54.5 Å². The van der Waals surface area contributed by atoms with Crippen LogP contribution in [-0.4, -0.2) is 34.9 Å². The summed E-state index contributed by atoms with van der Waals surface area (Å²) in [6.45, 7) is 3.94. The molecule has 1 aliphatic rings. The van der Waals surface area contributed by atoms with Gasteiger partial charge in [0.15, 0.2) is 0 Å². The van der Waals surface area contributed by atoms with E-state index in [1.165, 1.54) is 0 Å². The van der Waals surface area contributed by atoms with Crippen molar-refractivity contribution in [3.63, 3.8) is 0 Å². The van der Waals surface area contributed by atoms with E-state index >= 15 is 0 Å². The van der Waals surface area contributed by atoms with Crippen molar-refractivity contribution in [3.05, 3.63) is 53.3 Å². The summed E-state index contributed by atoms with van der Waals surface area (Å²) in [5.74, 6) is 0.723. The molecule has 1 atom stereocenters. The Labute approximate surface area is 153 Å². The average Bonchev–Trinajstić information content (AvgIpc) is 3.16. The molecule has 0 aliphatic carbocycles. The van der Waals surface area contributed by atoms with Crippen molar-refractivity contribution < 1.29 is 9.53 Å². The summed E-state index contributed by atoms with van der Waals surface area (Å²) >= 11 is 6.31. The molecule has 25 heavy (non-hydrogen) atoms. The van der Waals surface area contributed by atoms with Gasteiger partial charge in [-0.15, -0.1) is 0 Å². The molecule has 3 rings (SSSR count). The normalized spacial score (nSPS) is 15.0. The van der Waals surface area contributed by atoms with E-state index in [0.29, 0.717) is 17.4 Å². The van der Waals surface area contributed by atoms with Crippen molar-refractivity contribution in [3.8, 4) is 5.75 Å². The number of nitrogens with zero attached hydrogens (tertiary/aromatic N) is 2. The van der Waals surface area contributed by atoms with Crippen LogP contribution in [0, 0.1) is 0 Å². The zero-order valence-electron chi connectivity index (χ0n) is 14.2. The van der Waals surface area contributed by atoms with E-state index in [1.807, 2.05) is 36.1 Å². The summed E-state index contributed by atoms with van der Waals surface area (Å²) in [5, 5.41) is 3.72.